The van der Waals surface area contributed by atoms with Gasteiger partial charge in [0.15, 0.2) is 0 Å². The summed E-state index contributed by atoms with van der Waals surface area (Å²) < 4.78 is 0. The van der Waals surface area contributed by atoms with Crippen molar-refractivity contribution in [3.05, 3.63) is 17.6 Å². The molecule has 0 atom stereocenters. The number of unbranched alkanes of at least 4 members (excludes halogenated alkanes) is 1. The molecule has 82 valence electrons. The highest BCUT2D eigenvalue weighted by atomic mass is 15.3. The number of hydrogen-bond donors (Lipinski definition) is 2. The number of nitrogens with zero attached hydrogens (tertiary/aromatic N) is 2. The van der Waals surface area contributed by atoms with Crippen LogP contribution in [0.1, 0.15) is 50.0 Å². The van der Waals surface area contributed by atoms with Crippen LogP contribution < -0.4 is 11.3 Å². The average molecular weight is 206 g/mol. The second-order valence-electron chi connectivity index (χ2n) is 4.12. The molecule has 3 N–H and O–H groups in total. The molecule has 0 spiro atoms. The number of anilines is 1. The first kappa shape index (κ1) is 10.4. The van der Waals surface area contributed by atoms with Crippen molar-refractivity contribution in [1.29, 1.82) is 0 Å². The lowest BCUT2D eigenvalue weighted by Gasteiger charge is -2.06. The van der Waals surface area contributed by atoms with Gasteiger partial charge in [0.2, 0.25) is 0 Å². The molecular weight excluding hydrogens is 188 g/mol. The van der Waals surface area contributed by atoms with Crippen molar-refractivity contribution in [1.82, 2.24) is 9.97 Å². The van der Waals surface area contributed by atoms with E-state index in [0.29, 0.717) is 5.92 Å². The van der Waals surface area contributed by atoms with Crippen molar-refractivity contribution in [3.8, 4) is 0 Å². The van der Waals surface area contributed by atoms with Gasteiger partial charge in [-0.1, -0.05) is 13.3 Å². The van der Waals surface area contributed by atoms with E-state index in [0.717, 1.165) is 30.2 Å². The molecule has 1 aliphatic carbocycles. The molecule has 0 unspecified atom stereocenters. The fourth-order valence-corrected chi connectivity index (χ4v) is 1.63. The number of nitrogen functional groups attached to an aromatic ring is 1. The molecule has 2 rings (SSSR count). The van der Waals surface area contributed by atoms with E-state index >= 15 is 0 Å². The van der Waals surface area contributed by atoms with E-state index in [1.54, 1.807) is 0 Å². The Morgan fingerprint density at radius 1 is 1.47 bits per heavy atom. The zero-order chi connectivity index (χ0) is 10.7. The van der Waals surface area contributed by atoms with Gasteiger partial charge >= 0.3 is 0 Å². The van der Waals surface area contributed by atoms with Crippen LogP contribution in [0.25, 0.3) is 0 Å². The Morgan fingerprint density at radius 3 is 2.87 bits per heavy atom. The van der Waals surface area contributed by atoms with Crippen LogP contribution in [0.2, 0.25) is 0 Å². The van der Waals surface area contributed by atoms with Crippen LogP contribution in [-0.4, -0.2) is 9.97 Å². The molecule has 0 radical (unpaired) electrons. The van der Waals surface area contributed by atoms with E-state index in [1.165, 1.54) is 19.3 Å². The topological polar surface area (TPSA) is 63.8 Å². The molecule has 0 aromatic carbocycles. The summed E-state index contributed by atoms with van der Waals surface area (Å²) >= 11 is 0. The van der Waals surface area contributed by atoms with Gasteiger partial charge in [0.1, 0.15) is 11.6 Å². The van der Waals surface area contributed by atoms with Crippen molar-refractivity contribution in [2.24, 2.45) is 5.84 Å². The third-order valence-corrected chi connectivity index (χ3v) is 2.69. The summed E-state index contributed by atoms with van der Waals surface area (Å²) in [6.07, 6.45) is 5.77. The predicted octanol–water partition coefficient (Wildman–Crippen LogP) is 1.98. The zero-order valence-electron chi connectivity index (χ0n) is 9.16. The van der Waals surface area contributed by atoms with Gasteiger partial charge in [-0.25, -0.2) is 15.8 Å². The molecule has 0 bridgehead atoms. The summed E-state index contributed by atoms with van der Waals surface area (Å²) in [7, 11) is 0. The number of hydrazine groups is 1. The van der Waals surface area contributed by atoms with Gasteiger partial charge in [-0.15, -0.1) is 0 Å². The Bertz CT molecular complexity index is 333. The molecule has 0 saturated heterocycles. The third-order valence-electron chi connectivity index (χ3n) is 2.69. The highest BCUT2D eigenvalue weighted by Gasteiger charge is 2.25. The summed E-state index contributed by atoms with van der Waals surface area (Å²) in [6, 6.07) is 1.97. The van der Waals surface area contributed by atoms with Crippen LogP contribution in [0.5, 0.6) is 0 Å². The summed E-state index contributed by atoms with van der Waals surface area (Å²) in [5.74, 6) is 7.72. The molecule has 0 aliphatic heterocycles. The minimum atomic E-state index is 0.653. The van der Waals surface area contributed by atoms with Gasteiger partial charge in [0.05, 0.1) is 0 Å². The van der Waals surface area contributed by atoms with Crippen molar-refractivity contribution in [3.63, 3.8) is 0 Å². The molecule has 1 aromatic heterocycles. The first-order valence-electron chi connectivity index (χ1n) is 5.68. The monoisotopic (exact) mass is 206 g/mol. The van der Waals surface area contributed by atoms with E-state index in [4.69, 9.17) is 5.84 Å². The molecule has 4 heteroatoms. The lowest BCUT2D eigenvalue weighted by Crippen LogP contribution is -2.11. The maximum atomic E-state index is 5.40. The van der Waals surface area contributed by atoms with Crippen LogP contribution >= 0.6 is 0 Å². The average Bonchev–Trinajstić information content (AvgIpc) is 3.09. The van der Waals surface area contributed by atoms with Gasteiger partial charge < -0.3 is 5.43 Å². The van der Waals surface area contributed by atoms with Crippen LogP contribution in [-0.2, 0) is 6.42 Å². The zero-order valence-corrected chi connectivity index (χ0v) is 9.16. The standard InChI is InChI=1S/C11H18N4/c1-2-3-4-10-13-9(8-5-6-8)7-11(14-10)15-12/h7-8H,2-6,12H2,1H3,(H,13,14,15). The number of nitrogens with two attached hydrogens (primary N) is 1. The van der Waals surface area contributed by atoms with Gasteiger partial charge in [-0.05, 0) is 19.3 Å². The Kier molecular flexibility index (Phi) is 3.16. The van der Waals surface area contributed by atoms with Crippen LogP contribution in [0.4, 0.5) is 5.82 Å². The lowest BCUT2D eigenvalue weighted by molar-refractivity contribution is 0.743. The molecule has 1 aliphatic rings. The van der Waals surface area contributed by atoms with Crippen molar-refractivity contribution in [2.75, 3.05) is 5.43 Å². The summed E-state index contributed by atoms with van der Waals surface area (Å²) in [6.45, 7) is 2.17. The maximum absolute atomic E-state index is 5.40. The maximum Gasteiger partial charge on any atom is 0.143 e. The van der Waals surface area contributed by atoms with E-state index in [-0.39, 0.29) is 0 Å². The van der Waals surface area contributed by atoms with Crippen molar-refractivity contribution >= 4 is 5.82 Å². The molecule has 0 amide bonds. The number of hydrogen-bond acceptors (Lipinski definition) is 4. The molecule has 1 heterocycles. The molecule has 4 nitrogen and oxygen atoms in total. The lowest BCUT2D eigenvalue weighted by atomic mass is 10.2. The van der Waals surface area contributed by atoms with Crippen molar-refractivity contribution in [2.45, 2.75) is 44.9 Å². The Labute approximate surface area is 90.3 Å². The van der Waals surface area contributed by atoms with Crippen LogP contribution in [0.3, 0.4) is 0 Å². The molecule has 1 saturated carbocycles. The first-order chi connectivity index (χ1) is 7.33. The fraction of sp³-hybridized carbons (Fsp3) is 0.636. The number of nitrogens with one attached hydrogen (secondary N) is 1. The summed E-state index contributed by atoms with van der Waals surface area (Å²) in [5, 5.41) is 0. The Balaban J connectivity index is 2.16. The predicted molar refractivity (Wildman–Crippen MR) is 60.4 cm³/mol. The highest BCUT2D eigenvalue weighted by Crippen LogP contribution is 2.39. The largest absolute Gasteiger partial charge is 0.308 e. The van der Waals surface area contributed by atoms with E-state index in [9.17, 15) is 0 Å². The molecule has 1 fully saturated rings. The van der Waals surface area contributed by atoms with Crippen molar-refractivity contribution < 1.29 is 0 Å². The van der Waals surface area contributed by atoms with Crippen LogP contribution in [0.15, 0.2) is 6.07 Å². The number of aromatic nitrogens is 2. The van der Waals surface area contributed by atoms with Gasteiger partial charge in [0.25, 0.3) is 0 Å². The quantitative estimate of drug-likeness (QED) is 0.571. The Morgan fingerprint density at radius 2 is 2.27 bits per heavy atom. The van der Waals surface area contributed by atoms with E-state index in [1.807, 2.05) is 6.07 Å². The Hall–Kier alpha value is -1.16. The minimum Gasteiger partial charge on any atom is -0.308 e. The second-order valence-corrected chi connectivity index (χ2v) is 4.12. The molecular formula is C11H18N4. The molecule has 1 aromatic rings. The van der Waals surface area contributed by atoms with Gasteiger partial charge in [0, 0.05) is 24.1 Å². The third kappa shape index (κ3) is 2.65. The first-order valence-corrected chi connectivity index (χ1v) is 5.68. The smallest absolute Gasteiger partial charge is 0.143 e. The fourth-order valence-electron chi connectivity index (χ4n) is 1.63. The van der Waals surface area contributed by atoms with E-state index in [2.05, 4.69) is 22.3 Å². The van der Waals surface area contributed by atoms with Crippen LogP contribution in [0, 0.1) is 0 Å². The minimum absolute atomic E-state index is 0.653. The summed E-state index contributed by atoms with van der Waals surface area (Å²) in [4.78, 5) is 8.93. The van der Waals surface area contributed by atoms with E-state index < -0.39 is 0 Å². The SMILES string of the molecule is CCCCc1nc(NN)cc(C2CC2)n1. The number of aryl methyl sites for hydroxylation is 1. The summed E-state index contributed by atoms with van der Waals surface area (Å²) in [5.41, 5.74) is 3.77. The van der Waals surface area contributed by atoms with Gasteiger partial charge in [-0.2, -0.15) is 0 Å². The number of rotatable bonds is 5. The van der Waals surface area contributed by atoms with Gasteiger partial charge in [-0.3, -0.25) is 0 Å². The molecule has 15 heavy (non-hydrogen) atoms. The normalized spacial score (nSPS) is 15.3. The highest BCUT2D eigenvalue weighted by molar-refractivity contribution is 5.36. The second kappa shape index (κ2) is 4.57.